The van der Waals surface area contributed by atoms with Crippen LogP contribution in [0, 0.1) is 0 Å². The molecule has 0 heterocycles. The van der Waals surface area contributed by atoms with E-state index < -0.39 is 24.4 Å². The number of aliphatic hydroxyl groups excluding tert-OH is 1. The van der Waals surface area contributed by atoms with Gasteiger partial charge in [0.15, 0.2) is 0 Å². The molecule has 0 spiro atoms. The summed E-state index contributed by atoms with van der Waals surface area (Å²) in [4.78, 5) is 0. The maximum atomic E-state index is 12.5. The van der Waals surface area contributed by atoms with Crippen LogP contribution >= 0.6 is 0 Å². The highest BCUT2D eigenvalue weighted by molar-refractivity contribution is 5.37. The smallest absolute Gasteiger partial charge is 0.416 e. The first-order valence-electron chi connectivity index (χ1n) is 4.51. The summed E-state index contributed by atoms with van der Waals surface area (Å²) in [6, 6.07) is 2.31. The Balaban J connectivity index is 3.21. The summed E-state index contributed by atoms with van der Waals surface area (Å²) in [5.41, 5.74) is 4.80. The molecule has 1 aromatic rings. The third kappa shape index (κ3) is 2.86. The Labute approximate surface area is 90.6 Å². The number of hydrogen-bond acceptors (Lipinski definition) is 3. The van der Waals surface area contributed by atoms with Crippen molar-refractivity contribution >= 4 is 0 Å². The van der Waals surface area contributed by atoms with Crippen LogP contribution in [-0.4, -0.2) is 18.8 Å². The molecule has 0 aromatic heterocycles. The van der Waals surface area contributed by atoms with Crippen LogP contribution in [0.1, 0.15) is 17.2 Å². The number of methoxy groups -OCH3 is 1. The highest BCUT2D eigenvalue weighted by atomic mass is 19.4. The van der Waals surface area contributed by atoms with Gasteiger partial charge in [0.1, 0.15) is 5.75 Å². The van der Waals surface area contributed by atoms with E-state index in [0.29, 0.717) is 0 Å². The summed E-state index contributed by atoms with van der Waals surface area (Å²) in [7, 11) is 1.27. The summed E-state index contributed by atoms with van der Waals surface area (Å²) in [5.74, 6) is 0.0636. The standard InChI is InChI=1S/C10H12F3NO2/c1-16-8-3-6(9(14)5-15)2-7(4-8)10(11,12)13/h2-4,9,15H,5,14H2,1H3/t9-/m0/s1. The topological polar surface area (TPSA) is 55.5 Å². The maximum Gasteiger partial charge on any atom is 0.416 e. The fraction of sp³-hybridized carbons (Fsp3) is 0.400. The number of hydrogen-bond donors (Lipinski definition) is 2. The average molecular weight is 235 g/mol. The minimum atomic E-state index is -4.46. The number of alkyl halides is 3. The second-order valence-corrected chi connectivity index (χ2v) is 3.28. The van der Waals surface area contributed by atoms with E-state index in [1.165, 1.54) is 13.2 Å². The molecule has 0 saturated heterocycles. The van der Waals surface area contributed by atoms with Gasteiger partial charge in [0, 0.05) is 0 Å². The molecular formula is C10H12F3NO2. The van der Waals surface area contributed by atoms with Crippen molar-refractivity contribution in [1.82, 2.24) is 0 Å². The van der Waals surface area contributed by atoms with Crippen molar-refractivity contribution in [3.63, 3.8) is 0 Å². The molecule has 90 valence electrons. The van der Waals surface area contributed by atoms with Crippen LogP contribution in [0.2, 0.25) is 0 Å². The van der Waals surface area contributed by atoms with Crippen molar-refractivity contribution in [2.45, 2.75) is 12.2 Å². The van der Waals surface area contributed by atoms with Gasteiger partial charge in [0.05, 0.1) is 25.3 Å². The monoisotopic (exact) mass is 235 g/mol. The first-order valence-corrected chi connectivity index (χ1v) is 4.51. The first-order chi connectivity index (χ1) is 7.38. The molecule has 3 nitrogen and oxygen atoms in total. The number of nitrogens with two attached hydrogens (primary N) is 1. The lowest BCUT2D eigenvalue weighted by Gasteiger charge is -2.14. The summed E-state index contributed by atoms with van der Waals surface area (Å²) in [5, 5.41) is 8.80. The molecule has 6 heteroatoms. The Morgan fingerprint density at radius 2 is 2.00 bits per heavy atom. The Morgan fingerprint density at radius 1 is 1.38 bits per heavy atom. The lowest BCUT2D eigenvalue weighted by molar-refractivity contribution is -0.137. The van der Waals surface area contributed by atoms with E-state index in [9.17, 15) is 13.2 Å². The molecule has 1 rings (SSSR count). The lowest BCUT2D eigenvalue weighted by Crippen LogP contribution is -2.16. The summed E-state index contributed by atoms with van der Waals surface area (Å²) in [6.45, 7) is -0.426. The second kappa shape index (κ2) is 4.71. The predicted octanol–water partition coefficient (Wildman–Crippen LogP) is 1.71. The van der Waals surface area contributed by atoms with Crippen molar-refractivity contribution in [3.8, 4) is 5.75 Å². The van der Waals surface area contributed by atoms with Crippen molar-refractivity contribution in [1.29, 1.82) is 0 Å². The first kappa shape index (κ1) is 12.8. The third-order valence-corrected chi connectivity index (χ3v) is 2.12. The van der Waals surface area contributed by atoms with E-state index in [-0.39, 0.29) is 11.3 Å². The van der Waals surface area contributed by atoms with Crippen molar-refractivity contribution in [2.75, 3.05) is 13.7 Å². The van der Waals surface area contributed by atoms with Crippen molar-refractivity contribution in [3.05, 3.63) is 29.3 Å². The molecule has 0 radical (unpaired) electrons. The largest absolute Gasteiger partial charge is 0.497 e. The van der Waals surface area contributed by atoms with E-state index in [4.69, 9.17) is 15.6 Å². The molecule has 3 N–H and O–H groups in total. The Hall–Kier alpha value is -1.27. The normalized spacial score (nSPS) is 13.6. The van der Waals surface area contributed by atoms with Gasteiger partial charge in [-0.2, -0.15) is 13.2 Å². The minimum absolute atomic E-state index is 0.0636. The molecule has 1 atom stereocenters. The quantitative estimate of drug-likeness (QED) is 0.838. The van der Waals surface area contributed by atoms with Gasteiger partial charge in [-0.05, 0) is 23.8 Å². The number of halogens is 3. The molecule has 0 unspecified atom stereocenters. The molecule has 0 aliphatic heterocycles. The highest BCUT2D eigenvalue weighted by Gasteiger charge is 2.31. The van der Waals surface area contributed by atoms with Crippen LogP contribution in [0.5, 0.6) is 5.75 Å². The zero-order valence-corrected chi connectivity index (χ0v) is 8.58. The van der Waals surface area contributed by atoms with Gasteiger partial charge in [-0.25, -0.2) is 0 Å². The maximum absolute atomic E-state index is 12.5. The molecule has 0 bridgehead atoms. The summed E-state index contributed by atoms with van der Waals surface area (Å²) >= 11 is 0. The molecule has 0 aliphatic rings. The van der Waals surface area contributed by atoms with E-state index in [2.05, 4.69) is 0 Å². The van der Waals surface area contributed by atoms with Crippen molar-refractivity contribution < 1.29 is 23.0 Å². The fourth-order valence-electron chi connectivity index (χ4n) is 1.22. The molecule has 1 aromatic carbocycles. The second-order valence-electron chi connectivity index (χ2n) is 3.28. The Morgan fingerprint density at radius 3 is 2.44 bits per heavy atom. The van der Waals surface area contributed by atoms with Crippen LogP contribution in [0.4, 0.5) is 13.2 Å². The Bertz CT molecular complexity index is 366. The van der Waals surface area contributed by atoms with Gasteiger partial charge in [0.2, 0.25) is 0 Å². The van der Waals surface area contributed by atoms with Crippen LogP contribution in [0.3, 0.4) is 0 Å². The summed E-state index contributed by atoms with van der Waals surface area (Å²) in [6.07, 6.45) is -4.46. The SMILES string of the molecule is COc1cc([C@@H](N)CO)cc(C(F)(F)F)c1. The van der Waals surface area contributed by atoms with Crippen LogP contribution in [0.15, 0.2) is 18.2 Å². The van der Waals surface area contributed by atoms with E-state index in [1.807, 2.05) is 0 Å². The van der Waals surface area contributed by atoms with Crippen molar-refractivity contribution in [2.24, 2.45) is 5.73 Å². The molecule has 16 heavy (non-hydrogen) atoms. The summed E-state index contributed by atoms with van der Waals surface area (Å²) < 4.78 is 42.2. The molecule has 0 fully saturated rings. The predicted molar refractivity (Wildman–Crippen MR) is 52.0 cm³/mol. The Kier molecular flexibility index (Phi) is 3.77. The van der Waals surface area contributed by atoms with E-state index >= 15 is 0 Å². The van der Waals surface area contributed by atoms with E-state index in [1.54, 1.807) is 0 Å². The average Bonchev–Trinajstić information content (AvgIpc) is 2.26. The lowest BCUT2D eigenvalue weighted by atomic mass is 10.0. The van der Waals surface area contributed by atoms with Gasteiger partial charge < -0.3 is 15.6 Å². The van der Waals surface area contributed by atoms with Gasteiger partial charge in [-0.3, -0.25) is 0 Å². The minimum Gasteiger partial charge on any atom is -0.497 e. The molecule has 0 amide bonds. The number of benzene rings is 1. The molecule has 0 saturated carbocycles. The number of rotatable bonds is 3. The van der Waals surface area contributed by atoms with Gasteiger partial charge in [-0.1, -0.05) is 0 Å². The number of ether oxygens (including phenoxy) is 1. The van der Waals surface area contributed by atoms with Gasteiger partial charge in [0.25, 0.3) is 0 Å². The van der Waals surface area contributed by atoms with Gasteiger partial charge in [-0.15, -0.1) is 0 Å². The molecular weight excluding hydrogens is 223 g/mol. The highest BCUT2D eigenvalue weighted by Crippen LogP contribution is 2.33. The third-order valence-electron chi connectivity index (χ3n) is 2.12. The van der Waals surface area contributed by atoms with E-state index in [0.717, 1.165) is 12.1 Å². The van der Waals surface area contributed by atoms with Crippen LogP contribution in [0.25, 0.3) is 0 Å². The zero-order chi connectivity index (χ0) is 12.3. The van der Waals surface area contributed by atoms with Crippen LogP contribution in [-0.2, 0) is 6.18 Å². The molecule has 0 aliphatic carbocycles. The van der Waals surface area contributed by atoms with Gasteiger partial charge >= 0.3 is 6.18 Å². The van der Waals surface area contributed by atoms with Crippen LogP contribution < -0.4 is 10.5 Å². The fourth-order valence-corrected chi connectivity index (χ4v) is 1.22. The number of aliphatic hydroxyl groups is 1. The zero-order valence-electron chi connectivity index (χ0n) is 8.58.